The van der Waals surface area contributed by atoms with E-state index in [0.29, 0.717) is 27.9 Å². The van der Waals surface area contributed by atoms with E-state index in [0.717, 1.165) is 12.3 Å². The second kappa shape index (κ2) is 11.7. The topological polar surface area (TPSA) is 86.8 Å². The summed E-state index contributed by atoms with van der Waals surface area (Å²) in [5.74, 6) is -1.88. The number of benzene rings is 2. The molecule has 0 saturated carbocycles. The van der Waals surface area contributed by atoms with Crippen molar-refractivity contribution in [1.82, 2.24) is 10.2 Å². The Morgan fingerprint density at radius 2 is 1.79 bits per heavy atom. The number of amides is 2. The van der Waals surface area contributed by atoms with Gasteiger partial charge in [-0.25, -0.2) is 12.8 Å². The molecule has 2 aromatic carbocycles. The van der Waals surface area contributed by atoms with E-state index in [1.807, 2.05) is 6.92 Å². The summed E-state index contributed by atoms with van der Waals surface area (Å²) in [5, 5.41) is 3.33. The highest BCUT2D eigenvalue weighted by atomic mass is 35.5. The predicted molar refractivity (Wildman–Crippen MR) is 128 cm³/mol. The fourth-order valence-corrected chi connectivity index (χ4v) is 4.23. The number of carbonyl (C=O) groups is 2. The van der Waals surface area contributed by atoms with E-state index in [4.69, 9.17) is 23.2 Å². The molecule has 0 aliphatic carbocycles. The molecule has 0 heterocycles. The molecule has 2 rings (SSSR count). The molecule has 1 atom stereocenters. The summed E-state index contributed by atoms with van der Waals surface area (Å²) in [4.78, 5) is 27.2. The summed E-state index contributed by atoms with van der Waals surface area (Å²) in [5.41, 5.74) is 0.329. The standard InChI is InChI=1S/C22H26Cl2FN3O4S/c1-4-11-26-22(30)15(2)27(13-16-9-10-17(23)18(24)12-16)21(29)14-28(33(3,31)32)20-8-6-5-7-19(20)25/h5-10,12,15H,4,11,13-14H2,1-3H3,(H,26,30). The number of hydrogen-bond acceptors (Lipinski definition) is 4. The van der Waals surface area contributed by atoms with Crippen LogP contribution in [0.4, 0.5) is 10.1 Å². The van der Waals surface area contributed by atoms with Crippen LogP contribution in [-0.4, -0.2) is 50.5 Å². The summed E-state index contributed by atoms with van der Waals surface area (Å²) in [6, 6.07) is 9.10. The average molecular weight is 518 g/mol. The molecule has 0 aliphatic heterocycles. The fourth-order valence-electron chi connectivity index (χ4n) is 3.06. The molecule has 11 heteroatoms. The van der Waals surface area contributed by atoms with Crippen molar-refractivity contribution in [2.24, 2.45) is 0 Å². The summed E-state index contributed by atoms with van der Waals surface area (Å²) >= 11 is 12.1. The number of halogens is 3. The summed E-state index contributed by atoms with van der Waals surface area (Å²) < 4.78 is 39.8. The third kappa shape index (κ3) is 7.31. The monoisotopic (exact) mass is 517 g/mol. The van der Waals surface area contributed by atoms with Gasteiger partial charge in [0.2, 0.25) is 21.8 Å². The van der Waals surface area contributed by atoms with Crippen LogP contribution in [0.25, 0.3) is 0 Å². The number of carbonyl (C=O) groups excluding carboxylic acids is 2. The van der Waals surface area contributed by atoms with Gasteiger partial charge in [0.1, 0.15) is 18.4 Å². The van der Waals surface area contributed by atoms with Gasteiger partial charge in [0.15, 0.2) is 0 Å². The van der Waals surface area contributed by atoms with Gasteiger partial charge in [0.05, 0.1) is 22.0 Å². The van der Waals surface area contributed by atoms with E-state index in [1.165, 1.54) is 30.0 Å². The Balaban J connectivity index is 2.40. The number of nitrogens with one attached hydrogen (secondary N) is 1. The highest BCUT2D eigenvalue weighted by molar-refractivity contribution is 7.92. The highest BCUT2D eigenvalue weighted by Crippen LogP contribution is 2.25. The number of anilines is 1. The Hall–Kier alpha value is -2.36. The molecule has 33 heavy (non-hydrogen) atoms. The summed E-state index contributed by atoms with van der Waals surface area (Å²) in [6.07, 6.45) is 1.59. The Labute approximate surface area is 203 Å². The number of sulfonamides is 1. The molecular weight excluding hydrogens is 492 g/mol. The summed E-state index contributed by atoms with van der Waals surface area (Å²) in [6.45, 7) is 3.12. The molecule has 0 radical (unpaired) electrons. The minimum Gasteiger partial charge on any atom is -0.354 e. The minimum absolute atomic E-state index is 0.0364. The molecule has 0 aromatic heterocycles. The van der Waals surface area contributed by atoms with E-state index >= 15 is 0 Å². The number of para-hydroxylation sites is 1. The maximum atomic E-state index is 14.4. The smallest absolute Gasteiger partial charge is 0.244 e. The van der Waals surface area contributed by atoms with Gasteiger partial charge in [-0.3, -0.25) is 13.9 Å². The summed E-state index contributed by atoms with van der Waals surface area (Å²) in [7, 11) is -4.01. The first-order valence-corrected chi connectivity index (χ1v) is 12.8. The largest absolute Gasteiger partial charge is 0.354 e. The Morgan fingerprint density at radius 1 is 1.12 bits per heavy atom. The van der Waals surface area contributed by atoms with Crippen molar-refractivity contribution in [1.29, 1.82) is 0 Å². The lowest BCUT2D eigenvalue weighted by molar-refractivity contribution is -0.139. The van der Waals surface area contributed by atoms with E-state index in [-0.39, 0.29) is 17.3 Å². The maximum absolute atomic E-state index is 14.4. The van der Waals surface area contributed by atoms with E-state index in [2.05, 4.69) is 5.32 Å². The molecule has 0 saturated heterocycles. The molecule has 7 nitrogen and oxygen atoms in total. The second-order valence-electron chi connectivity index (χ2n) is 7.46. The zero-order valence-electron chi connectivity index (χ0n) is 18.5. The zero-order chi connectivity index (χ0) is 24.8. The first-order valence-electron chi connectivity index (χ1n) is 10.2. The van der Waals surface area contributed by atoms with Gasteiger partial charge in [0, 0.05) is 13.1 Å². The van der Waals surface area contributed by atoms with Crippen molar-refractivity contribution in [3.63, 3.8) is 0 Å². The third-order valence-corrected chi connectivity index (χ3v) is 6.72. The van der Waals surface area contributed by atoms with E-state index in [1.54, 1.807) is 18.2 Å². The van der Waals surface area contributed by atoms with Crippen molar-refractivity contribution < 1.29 is 22.4 Å². The van der Waals surface area contributed by atoms with Crippen LogP contribution < -0.4 is 9.62 Å². The van der Waals surface area contributed by atoms with Crippen LogP contribution in [0.5, 0.6) is 0 Å². The molecule has 0 fully saturated rings. The maximum Gasteiger partial charge on any atom is 0.244 e. The van der Waals surface area contributed by atoms with Gasteiger partial charge in [-0.05, 0) is 43.2 Å². The van der Waals surface area contributed by atoms with Crippen LogP contribution >= 0.6 is 23.2 Å². The Morgan fingerprint density at radius 3 is 2.36 bits per heavy atom. The lowest BCUT2D eigenvalue weighted by Crippen LogP contribution is -2.51. The molecule has 1 unspecified atom stereocenters. The van der Waals surface area contributed by atoms with Crippen LogP contribution in [0, 0.1) is 5.82 Å². The number of hydrogen-bond donors (Lipinski definition) is 1. The molecule has 0 bridgehead atoms. The second-order valence-corrected chi connectivity index (χ2v) is 10.2. The lowest BCUT2D eigenvalue weighted by atomic mass is 10.1. The number of nitrogens with zero attached hydrogens (tertiary/aromatic N) is 2. The van der Waals surface area contributed by atoms with Crippen molar-refractivity contribution in [2.75, 3.05) is 23.7 Å². The van der Waals surface area contributed by atoms with Crippen molar-refractivity contribution in [2.45, 2.75) is 32.9 Å². The van der Waals surface area contributed by atoms with Crippen molar-refractivity contribution in [3.05, 3.63) is 63.9 Å². The minimum atomic E-state index is -4.01. The lowest BCUT2D eigenvalue weighted by Gasteiger charge is -2.31. The molecular formula is C22H26Cl2FN3O4S. The van der Waals surface area contributed by atoms with Gasteiger partial charge in [0.25, 0.3) is 0 Å². The van der Waals surface area contributed by atoms with Gasteiger partial charge in [-0.15, -0.1) is 0 Å². The molecule has 180 valence electrons. The third-order valence-electron chi connectivity index (χ3n) is 4.85. The first-order chi connectivity index (χ1) is 15.5. The Kier molecular flexibility index (Phi) is 9.51. The normalized spacial score (nSPS) is 12.2. The fraction of sp³-hybridized carbons (Fsp3) is 0.364. The van der Waals surface area contributed by atoms with Gasteiger partial charge in [-0.2, -0.15) is 0 Å². The Bertz CT molecular complexity index is 1110. The molecule has 0 spiro atoms. The molecule has 2 aromatic rings. The SMILES string of the molecule is CCCNC(=O)C(C)N(Cc1ccc(Cl)c(Cl)c1)C(=O)CN(c1ccccc1F)S(C)(=O)=O. The van der Waals surface area contributed by atoms with Crippen LogP contribution in [-0.2, 0) is 26.2 Å². The van der Waals surface area contributed by atoms with Gasteiger partial charge < -0.3 is 10.2 Å². The molecule has 1 N–H and O–H groups in total. The predicted octanol–water partition coefficient (Wildman–Crippen LogP) is 3.84. The van der Waals surface area contributed by atoms with Crippen molar-refractivity contribution >= 4 is 50.7 Å². The number of rotatable bonds is 10. The molecule has 0 aliphatic rings. The van der Waals surface area contributed by atoms with Crippen LogP contribution in [0.2, 0.25) is 10.0 Å². The van der Waals surface area contributed by atoms with E-state index in [9.17, 15) is 22.4 Å². The van der Waals surface area contributed by atoms with Crippen molar-refractivity contribution in [3.8, 4) is 0 Å². The van der Waals surface area contributed by atoms with Gasteiger partial charge in [-0.1, -0.05) is 48.3 Å². The van der Waals surface area contributed by atoms with E-state index < -0.39 is 40.2 Å². The quantitative estimate of drug-likeness (QED) is 0.518. The highest BCUT2D eigenvalue weighted by Gasteiger charge is 2.30. The van der Waals surface area contributed by atoms with Crippen LogP contribution in [0.3, 0.4) is 0 Å². The zero-order valence-corrected chi connectivity index (χ0v) is 20.8. The molecule has 2 amide bonds. The van der Waals surface area contributed by atoms with Gasteiger partial charge >= 0.3 is 0 Å². The first kappa shape index (κ1) is 26.9. The van der Waals surface area contributed by atoms with Crippen LogP contribution in [0.15, 0.2) is 42.5 Å². The van der Waals surface area contributed by atoms with Crippen LogP contribution in [0.1, 0.15) is 25.8 Å². The average Bonchev–Trinajstić information content (AvgIpc) is 2.75.